The first-order chi connectivity index (χ1) is 19.4. The molecule has 210 valence electrons. The van der Waals surface area contributed by atoms with E-state index in [1.807, 2.05) is 36.1 Å². The van der Waals surface area contributed by atoms with Gasteiger partial charge in [-0.25, -0.2) is 8.42 Å². The molecular weight excluding hydrogens is 528 g/mol. The van der Waals surface area contributed by atoms with Gasteiger partial charge in [-0.1, -0.05) is 18.2 Å². The molecule has 6 rings (SSSR count). The van der Waals surface area contributed by atoms with Crippen molar-refractivity contribution < 1.29 is 27.4 Å². The van der Waals surface area contributed by atoms with Gasteiger partial charge in [-0.2, -0.15) is 0 Å². The molecule has 3 aliphatic heterocycles. The van der Waals surface area contributed by atoms with Gasteiger partial charge in [0, 0.05) is 43.9 Å². The smallest absolute Gasteiger partial charge is 0.254 e. The molecule has 0 radical (unpaired) electrons. The maximum atomic E-state index is 13.1. The second kappa shape index (κ2) is 11.1. The van der Waals surface area contributed by atoms with Gasteiger partial charge in [0.1, 0.15) is 11.9 Å². The molecule has 0 aliphatic carbocycles. The fourth-order valence-electron chi connectivity index (χ4n) is 5.85. The number of hydrogen-bond donors (Lipinski definition) is 0. The quantitative estimate of drug-likeness (QED) is 0.430. The highest BCUT2D eigenvalue weighted by Crippen LogP contribution is 2.36. The van der Waals surface area contributed by atoms with E-state index < -0.39 is 9.84 Å². The molecule has 0 N–H and O–H groups in total. The SMILES string of the molecule is Cc1ccccc1C(=O)N1CCC(N2CCC(Oc3ccc(S(=O)(=O)c4ccc5c(c4)OCO5)cc3)CC2)CC1. The average molecular weight is 563 g/mol. The van der Waals surface area contributed by atoms with Crippen molar-refractivity contribution in [2.24, 2.45) is 0 Å². The van der Waals surface area contributed by atoms with Crippen molar-refractivity contribution in [1.29, 1.82) is 0 Å². The number of hydrogen-bond acceptors (Lipinski definition) is 7. The number of carbonyl (C=O) groups is 1. The Balaban J connectivity index is 0.991. The second-order valence-electron chi connectivity index (χ2n) is 10.7. The van der Waals surface area contributed by atoms with Crippen LogP contribution in [0, 0.1) is 6.92 Å². The third-order valence-electron chi connectivity index (χ3n) is 8.21. The Morgan fingerprint density at radius 1 is 0.825 bits per heavy atom. The lowest BCUT2D eigenvalue weighted by atomic mass is 9.98. The van der Waals surface area contributed by atoms with Crippen LogP contribution < -0.4 is 14.2 Å². The molecule has 0 unspecified atom stereocenters. The van der Waals surface area contributed by atoms with Gasteiger partial charge in [0.15, 0.2) is 11.5 Å². The molecule has 0 bridgehead atoms. The lowest BCUT2D eigenvalue weighted by molar-refractivity contribution is 0.0425. The first-order valence-electron chi connectivity index (χ1n) is 13.9. The third-order valence-corrected chi connectivity index (χ3v) is 9.98. The molecule has 0 aromatic heterocycles. The molecule has 2 saturated heterocycles. The number of nitrogens with zero attached hydrogens (tertiary/aromatic N) is 2. The molecule has 0 spiro atoms. The van der Waals surface area contributed by atoms with E-state index in [0.29, 0.717) is 23.3 Å². The van der Waals surface area contributed by atoms with E-state index in [9.17, 15) is 13.2 Å². The van der Waals surface area contributed by atoms with Crippen molar-refractivity contribution in [2.45, 2.75) is 54.5 Å². The molecule has 3 aromatic rings. The molecule has 0 atom stereocenters. The van der Waals surface area contributed by atoms with Gasteiger partial charge >= 0.3 is 0 Å². The van der Waals surface area contributed by atoms with Crippen LogP contribution in [0.25, 0.3) is 0 Å². The highest BCUT2D eigenvalue weighted by molar-refractivity contribution is 7.91. The molecule has 8 nitrogen and oxygen atoms in total. The second-order valence-corrected chi connectivity index (χ2v) is 12.6. The van der Waals surface area contributed by atoms with E-state index in [0.717, 1.165) is 63.0 Å². The number of rotatable bonds is 6. The van der Waals surface area contributed by atoms with Crippen molar-refractivity contribution in [1.82, 2.24) is 9.80 Å². The van der Waals surface area contributed by atoms with E-state index in [1.165, 1.54) is 12.1 Å². The summed E-state index contributed by atoms with van der Waals surface area (Å²) in [7, 11) is -3.68. The number of ether oxygens (including phenoxy) is 3. The lowest BCUT2D eigenvalue weighted by Gasteiger charge is -2.41. The summed E-state index contributed by atoms with van der Waals surface area (Å²) in [4.78, 5) is 17.9. The van der Waals surface area contributed by atoms with Crippen LogP contribution >= 0.6 is 0 Å². The van der Waals surface area contributed by atoms with E-state index in [1.54, 1.807) is 30.3 Å². The van der Waals surface area contributed by atoms with Crippen molar-refractivity contribution in [3.05, 3.63) is 77.9 Å². The van der Waals surface area contributed by atoms with Crippen molar-refractivity contribution in [3.8, 4) is 17.2 Å². The normalized spacial score (nSPS) is 18.6. The largest absolute Gasteiger partial charge is 0.490 e. The fraction of sp³-hybridized carbons (Fsp3) is 0.387. The average Bonchev–Trinajstić information content (AvgIpc) is 3.46. The van der Waals surface area contributed by atoms with Gasteiger partial charge in [-0.05, 0) is 80.6 Å². The topological polar surface area (TPSA) is 85.4 Å². The Hall–Kier alpha value is -3.56. The van der Waals surface area contributed by atoms with Gasteiger partial charge in [-0.3, -0.25) is 9.69 Å². The maximum Gasteiger partial charge on any atom is 0.254 e. The minimum atomic E-state index is -3.68. The molecule has 9 heteroatoms. The minimum absolute atomic E-state index is 0.0929. The molecule has 3 heterocycles. The first kappa shape index (κ1) is 26.7. The molecule has 3 aromatic carbocycles. The zero-order chi connectivity index (χ0) is 27.7. The van der Waals surface area contributed by atoms with Crippen LogP contribution in [0.2, 0.25) is 0 Å². The predicted octanol–water partition coefficient (Wildman–Crippen LogP) is 4.70. The Morgan fingerprint density at radius 2 is 1.50 bits per heavy atom. The number of likely N-dealkylation sites (tertiary alicyclic amines) is 2. The van der Waals surface area contributed by atoms with Crippen LogP contribution in [-0.4, -0.2) is 69.2 Å². The molecular formula is C31H34N2O6S. The van der Waals surface area contributed by atoms with Crippen LogP contribution in [0.1, 0.15) is 41.6 Å². The number of sulfone groups is 1. The molecule has 1 amide bonds. The van der Waals surface area contributed by atoms with Gasteiger partial charge in [0.2, 0.25) is 16.6 Å². The van der Waals surface area contributed by atoms with Crippen molar-refractivity contribution >= 4 is 15.7 Å². The Labute approximate surface area is 235 Å². The van der Waals surface area contributed by atoms with E-state index in [-0.39, 0.29) is 28.6 Å². The summed E-state index contributed by atoms with van der Waals surface area (Å²) in [5.41, 5.74) is 1.83. The number of amides is 1. The lowest BCUT2D eigenvalue weighted by Crippen LogP contribution is -2.50. The highest BCUT2D eigenvalue weighted by atomic mass is 32.2. The van der Waals surface area contributed by atoms with Crippen LogP contribution in [-0.2, 0) is 9.84 Å². The summed E-state index contributed by atoms with van der Waals surface area (Å²) in [6.45, 7) is 5.57. The Morgan fingerprint density at radius 3 is 2.23 bits per heavy atom. The Kier molecular flexibility index (Phi) is 7.42. The number of aryl methyl sites for hydroxylation is 1. The van der Waals surface area contributed by atoms with Crippen LogP contribution in [0.4, 0.5) is 0 Å². The van der Waals surface area contributed by atoms with Gasteiger partial charge < -0.3 is 19.1 Å². The fourth-order valence-corrected chi connectivity index (χ4v) is 7.12. The minimum Gasteiger partial charge on any atom is -0.490 e. The summed E-state index contributed by atoms with van der Waals surface area (Å²) in [6, 6.07) is 19.6. The van der Waals surface area contributed by atoms with Crippen LogP contribution in [0.3, 0.4) is 0 Å². The van der Waals surface area contributed by atoms with Crippen molar-refractivity contribution in [3.63, 3.8) is 0 Å². The van der Waals surface area contributed by atoms with Crippen LogP contribution in [0.15, 0.2) is 76.5 Å². The van der Waals surface area contributed by atoms with Gasteiger partial charge in [0.25, 0.3) is 5.91 Å². The zero-order valence-electron chi connectivity index (χ0n) is 22.6. The summed E-state index contributed by atoms with van der Waals surface area (Å²) >= 11 is 0. The van der Waals surface area contributed by atoms with E-state index in [4.69, 9.17) is 14.2 Å². The number of benzene rings is 3. The van der Waals surface area contributed by atoms with E-state index >= 15 is 0 Å². The third kappa shape index (κ3) is 5.40. The summed E-state index contributed by atoms with van der Waals surface area (Å²) in [5, 5.41) is 0. The zero-order valence-corrected chi connectivity index (χ0v) is 23.4. The van der Waals surface area contributed by atoms with Crippen LogP contribution in [0.5, 0.6) is 17.2 Å². The van der Waals surface area contributed by atoms with Crippen molar-refractivity contribution in [2.75, 3.05) is 33.0 Å². The maximum absolute atomic E-state index is 13.1. The van der Waals surface area contributed by atoms with E-state index in [2.05, 4.69) is 4.90 Å². The summed E-state index contributed by atoms with van der Waals surface area (Å²) in [5.74, 6) is 1.80. The number of fused-ring (bicyclic) bond motifs is 1. The molecule has 2 fully saturated rings. The molecule has 3 aliphatic rings. The number of piperidine rings is 2. The first-order valence-corrected chi connectivity index (χ1v) is 15.4. The van der Waals surface area contributed by atoms with Gasteiger partial charge in [-0.15, -0.1) is 0 Å². The molecule has 0 saturated carbocycles. The molecule has 40 heavy (non-hydrogen) atoms. The predicted molar refractivity (Wildman–Crippen MR) is 150 cm³/mol. The Bertz CT molecular complexity index is 1470. The summed E-state index contributed by atoms with van der Waals surface area (Å²) in [6.07, 6.45) is 3.90. The van der Waals surface area contributed by atoms with Gasteiger partial charge in [0.05, 0.1) is 9.79 Å². The monoisotopic (exact) mass is 562 g/mol. The number of carbonyl (C=O) groups excluding carboxylic acids is 1. The summed E-state index contributed by atoms with van der Waals surface area (Å²) < 4.78 is 43.0. The standard InChI is InChI=1S/C31H34N2O6S/c1-22-4-2-3-5-28(22)31(34)33-16-12-23(13-17-33)32-18-14-25(15-19-32)39-24-6-8-26(9-7-24)40(35,36)27-10-11-29-30(20-27)38-21-37-29/h2-11,20,23,25H,12-19,21H2,1H3. The highest BCUT2D eigenvalue weighted by Gasteiger charge is 2.31.